The van der Waals surface area contributed by atoms with Crippen molar-refractivity contribution < 1.29 is 9.91 Å². The lowest BCUT2D eigenvalue weighted by atomic mass is 10.4. The van der Waals surface area contributed by atoms with Crippen molar-refractivity contribution in [3.8, 4) is 0 Å². The molecule has 0 amide bonds. The van der Waals surface area contributed by atoms with Crippen LogP contribution in [0.5, 0.6) is 0 Å². The van der Waals surface area contributed by atoms with Crippen LogP contribution in [0.3, 0.4) is 0 Å². The van der Waals surface area contributed by atoms with Gasteiger partial charge in [-0.15, -0.1) is 0 Å². The summed E-state index contributed by atoms with van der Waals surface area (Å²) in [5.41, 5.74) is 0. The van der Waals surface area contributed by atoms with Crippen LogP contribution in [0.2, 0.25) is 0 Å². The molecule has 0 aromatic carbocycles. The smallest absolute Gasteiger partial charge is 0.220 e. The predicted molar refractivity (Wildman–Crippen MR) is 28.2 cm³/mol. The van der Waals surface area contributed by atoms with Crippen LogP contribution in [0.15, 0.2) is 5.10 Å². The highest BCUT2D eigenvalue weighted by atomic mass is 16.6. The molecule has 0 saturated carbocycles. The van der Waals surface area contributed by atoms with Gasteiger partial charge in [0.2, 0.25) is 6.23 Å². The number of nitrogens with zero attached hydrogens (tertiary/aromatic N) is 1. The van der Waals surface area contributed by atoms with Crippen LogP contribution in [0, 0.1) is 5.21 Å². The van der Waals surface area contributed by atoms with Crippen LogP contribution < -0.4 is 5.17 Å². The maximum absolute atomic E-state index is 10.5. The molecule has 0 spiro atoms. The zero-order valence-electron chi connectivity index (χ0n) is 4.63. The van der Waals surface area contributed by atoms with Gasteiger partial charge in [-0.3, -0.25) is 0 Å². The molecule has 1 heterocycles. The van der Waals surface area contributed by atoms with Crippen LogP contribution in [0.4, 0.5) is 0 Å². The highest BCUT2D eigenvalue weighted by molar-refractivity contribution is 5.57. The highest BCUT2D eigenvalue weighted by Gasteiger charge is 2.17. The van der Waals surface area contributed by atoms with Gasteiger partial charge < -0.3 is 9.94 Å². The van der Waals surface area contributed by atoms with Gasteiger partial charge in [-0.05, 0) is 0 Å². The van der Waals surface area contributed by atoms with E-state index in [-0.39, 0.29) is 11.4 Å². The summed E-state index contributed by atoms with van der Waals surface area (Å²) >= 11 is 0. The number of quaternary nitrogens is 1. The maximum atomic E-state index is 10.5. The summed E-state index contributed by atoms with van der Waals surface area (Å²) < 4.78 is 4.75. The van der Waals surface area contributed by atoms with Crippen molar-refractivity contribution in [2.45, 2.75) is 12.6 Å². The van der Waals surface area contributed by atoms with E-state index in [0.717, 1.165) is 0 Å². The summed E-state index contributed by atoms with van der Waals surface area (Å²) in [6.07, 6.45) is 1.92. The summed E-state index contributed by atoms with van der Waals surface area (Å²) in [4.78, 5) is 0. The molecule has 0 fully saturated rings. The van der Waals surface area contributed by atoms with Gasteiger partial charge >= 0.3 is 0 Å². The van der Waals surface area contributed by atoms with Gasteiger partial charge in [-0.25, -0.2) is 5.17 Å². The minimum absolute atomic E-state index is 0.160. The summed E-state index contributed by atoms with van der Waals surface area (Å²) in [5.74, 6) is 0. The average Bonchev–Trinajstić information content (AvgIpc) is 2.14. The summed E-state index contributed by atoms with van der Waals surface area (Å²) in [6.45, 7) is 0. The standard InChI is InChI=1S/C4H8N2O2/c1-8-4-2-3-5-6(4)7/h3-4,6H,2H2,1H3. The van der Waals surface area contributed by atoms with Gasteiger partial charge in [-0.1, -0.05) is 5.10 Å². The van der Waals surface area contributed by atoms with Crippen LogP contribution in [0.1, 0.15) is 6.42 Å². The lowest BCUT2D eigenvalue weighted by Crippen LogP contribution is -3.05. The second-order valence-corrected chi connectivity index (χ2v) is 1.61. The van der Waals surface area contributed by atoms with Crippen molar-refractivity contribution >= 4 is 6.21 Å². The molecule has 0 aromatic heterocycles. The van der Waals surface area contributed by atoms with Crippen molar-refractivity contribution in [2.75, 3.05) is 7.11 Å². The number of rotatable bonds is 1. The van der Waals surface area contributed by atoms with Gasteiger partial charge in [0.05, 0.1) is 12.6 Å². The predicted octanol–water partition coefficient (Wildman–Crippen LogP) is -1.27. The van der Waals surface area contributed by atoms with E-state index in [2.05, 4.69) is 5.10 Å². The van der Waals surface area contributed by atoms with Crippen LogP contribution >= 0.6 is 0 Å². The van der Waals surface area contributed by atoms with Crippen LogP contribution in [0.25, 0.3) is 0 Å². The fraction of sp³-hybridized carbons (Fsp3) is 0.750. The van der Waals surface area contributed by atoms with Crippen molar-refractivity contribution in [3.05, 3.63) is 5.21 Å². The molecule has 2 atom stereocenters. The molecule has 1 aliphatic heterocycles. The van der Waals surface area contributed by atoms with E-state index in [0.29, 0.717) is 6.42 Å². The number of hydroxylamine groups is 1. The Hall–Kier alpha value is -0.450. The van der Waals surface area contributed by atoms with Gasteiger partial charge in [0, 0.05) is 7.11 Å². The third-order valence-electron chi connectivity index (χ3n) is 1.10. The second kappa shape index (κ2) is 2.21. The number of hydrogen-bond acceptors (Lipinski definition) is 3. The zero-order valence-corrected chi connectivity index (χ0v) is 4.63. The van der Waals surface area contributed by atoms with Crippen molar-refractivity contribution in [3.63, 3.8) is 0 Å². The lowest BCUT2D eigenvalue weighted by molar-refractivity contribution is -0.899. The largest absolute Gasteiger partial charge is 0.604 e. The Morgan fingerprint density at radius 2 is 2.75 bits per heavy atom. The Kier molecular flexibility index (Phi) is 1.57. The number of nitrogens with one attached hydrogen (secondary N) is 1. The Morgan fingerprint density at radius 3 is 3.00 bits per heavy atom. The van der Waals surface area contributed by atoms with Crippen molar-refractivity contribution in [1.29, 1.82) is 0 Å². The first kappa shape index (κ1) is 5.68. The van der Waals surface area contributed by atoms with E-state index in [1.165, 1.54) is 7.11 Å². The molecule has 1 aliphatic rings. The van der Waals surface area contributed by atoms with Crippen molar-refractivity contribution in [1.82, 2.24) is 0 Å². The molecule has 0 aliphatic carbocycles. The molecule has 0 bridgehead atoms. The molecule has 0 radical (unpaired) electrons. The summed E-state index contributed by atoms with van der Waals surface area (Å²) in [5, 5.41) is 13.8. The monoisotopic (exact) mass is 116 g/mol. The molecule has 0 aromatic rings. The molecule has 0 saturated heterocycles. The Morgan fingerprint density at radius 1 is 2.00 bits per heavy atom. The molecular weight excluding hydrogens is 108 g/mol. The summed E-state index contributed by atoms with van der Waals surface area (Å²) in [7, 11) is 1.51. The third-order valence-corrected chi connectivity index (χ3v) is 1.10. The molecule has 46 valence electrons. The SMILES string of the molecule is COC1CC=N[NH+]1[O-]. The second-order valence-electron chi connectivity index (χ2n) is 1.61. The number of methoxy groups -OCH3 is 1. The third kappa shape index (κ3) is 0.861. The van der Waals surface area contributed by atoms with Gasteiger partial charge in [0.15, 0.2) is 0 Å². The van der Waals surface area contributed by atoms with Crippen LogP contribution in [-0.2, 0) is 4.74 Å². The topological polar surface area (TPSA) is 49.1 Å². The summed E-state index contributed by atoms with van der Waals surface area (Å²) in [6, 6.07) is 0. The van der Waals surface area contributed by atoms with Gasteiger partial charge in [0.25, 0.3) is 0 Å². The van der Waals surface area contributed by atoms with E-state index in [4.69, 9.17) is 4.74 Å². The minimum atomic E-state index is -0.296. The first-order valence-corrected chi connectivity index (χ1v) is 2.44. The average molecular weight is 116 g/mol. The minimum Gasteiger partial charge on any atom is -0.604 e. The van der Waals surface area contributed by atoms with E-state index < -0.39 is 0 Å². The number of hydrogen-bond donors (Lipinski definition) is 1. The van der Waals surface area contributed by atoms with E-state index in [1.54, 1.807) is 6.21 Å². The van der Waals surface area contributed by atoms with E-state index in [1.807, 2.05) is 0 Å². The van der Waals surface area contributed by atoms with E-state index in [9.17, 15) is 5.21 Å². The van der Waals surface area contributed by atoms with Gasteiger partial charge in [0.1, 0.15) is 0 Å². The van der Waals surface area contributed by atoms with Crippen molar-refractivity contribution in [2.24, 2.45) is 5.10 Å². The fourth-order valence-electron chi connectivity index (χ4n) is 0.619. The maximum Gasteiger partial charge on any atom is 0.220 e. The highest BCUT2D eigenvalue weighted by Crippen LogP contribution is 1.88. The Labute approximate surface area is 47.3 Å². The molecule has 1 N–H and O–H groups in total. The Balaban J connectivity index is 2.38. The zero-order chi connectivity index (χ0) is 5.98. The Bertz CT molecular complexity index is 104. The molecule has 4 nitrogen and oxygen atoms in total. The molecule has 4 heteroatoms. The van der Waals surface area contributed by atoms with Crippen LogP contribution in [-0.4, -0.2) is 19.6 Å². The van der Waals surface area contributed by atoms with Gasteiger partial charge in [-0.2, -0.15) is 0 Å². The lowest BCUT2D eigenvalue weighted by Gasteiger charge is -2.16. The van der Waals surface area contributed by atoms with E-state index >= 15 is 0 Å². The first-order valence-electron chi connectivity index (χ1n) is 2.44. The number of ether oxygens (including phenoxy) is 1. The normalized spacial score (nSPS) is 36.2. The molecule has 2 unspecified atom stereocenters. The molecule has 8 heavy (non-hydrogen) atoms. The molecular formula is C4H8N2O2. The quantitative estimate of drug-likeness (QED) is 0.434. The molecule has 1 rings (SSSR count). The first-order chi connectivity index (χ1) is 3.84. The fourth-order valence-corrected chi connectivity index (χ4v) is 0.619.